The molecule has 1 heterocycles. The van der Waals surface area contributed by atoms with Gasteiger partial charge in [-0.3, -0.25) is 4.79 Å². The number of nitrogens with zero attached hydrogens (tertiary/aromatic N) is 1. The average Bonchev–Trinajstić information content (AvgIpc) is 3.25. The normalized spacial score (nSPS) is 10.6. The van der Waals surface area contributed by atoms with Crippen LogP contribution in [0.4, 0.5) is 0 Å². The molecule has 1 N–H and O–H groups in total. The van der Waals surface area contributed by atoms with Gasteiger partial charge in [-0.05, 0) is 44.4 Å². The molecule has 0 saturated heterocycles. The average molecular weight is 423 g/mol. The minimum Gasteiger partial charge on any atom is -0.490 e. The molecule has 6 heteroatoms. The summed E-state index contributed by atoms with van der Waals surface area (Å²) < 4.78 is 17.0. The summed E-state index contributed by atoms with van der Waals surface area (Å²) in [6.07, 6.45) is 4.24. The number of hydrogen-bond acceptors (Lipinski definition) is 5. The van der Waals surface area contributed by atoms with E-state index in [9.17, 15) is 4.79 Å². The maximum absolute atomic E-state index is 12.2. The monoisotopic (exact) mass is 422 g/mol. The molecule has 0 bridgehead atoms. The van der Waals surface area contributed by atoms with Crippen molar-refractivity contribution in [3.63, 3.8) is 0 Å². The Balaban J connectivity index is 1.39. The number of ether oxygens (including phenoxy) is 2. The highest BCUT2D eigenvalue weighted by Gasteiger charge is 2.09. The van der Waals surface area contributed by atoms with E-state index in [1.165, 1.54) is 0 Å². The number of amides is 1. The molecule has 6 nitrogen and oxygen atoms in total. The molecule has 0 unspecified atom stereocenters. The summed E-state index contributed by atoms with van der Waals surface area (Å²) in [5.41, 5.74) is 2.10. The van der Waals surface area contributed by atoms with Crippen molar-refractivity contribution in [2.24, 2.45) is 0 Å². The minimum absolute atomic E-state index is 0.0332. The summed E-state index contributed by atoms with van der Waals surface area (Å²) in [7, 11) is 0. The first-order valence-electron chi connectivity index (χ1n) is 10.8. The van der Waals surface area contributed by atoms with Gasteiger partial charge in [-0.15, -0.1) is 0 Å². The zero-order valence-electron chi connectivity index (χ0n) is 18.2. The molecule has 0 atom stereocenters. The Morgan fingerprint density at radius 1 is 1.00 bits per heavy atom. The first kappa shape index (κ1) is 22.4. The quantitative estimate of drug-likeness (QED) is 0.453. The maximum atomic E-state index is 12.2. The van der Waals surface area contributed by atoms with Crippen molar-refractivity contribution in [2.45, 2.75) is 39.5 Å². The van der Waals surface area contributed by atoms with Gasteiger partial charge in [-0.2, -0.15) is 0 Å². The van der Waals surface area contributed by atoms with E-state index in [1.807, 2.05) is 62.4 Å². The standard InChI is InChI=1S/C25H30N2O4/c1-3-29-21-14-13-19(17-22(21)30-4-2)15-16-26-24(28)11-8-12-25-27-18-23(31-25)20-9-6-5-7-10-20/h5-7,9-10,13-14,17-18H,3-4,8,11-12,15-16H2,1-2H3,(H,26,28). The SMILES string of the molecule is CCOc1ccc(CCNC(=O)CCCc2ncc(-c3ccccc3)o2)cc1OCC. The predicted molar refractivity (Wildman–Crippen MR) is 120 cm³/mol. The van der Waals surface area contributed by atoms with Gasteiger partial charge in [0.15, 0.2) is 23.1 Å². The number of carbonyl (C=O) groups is 1. The third-order valence-electron chi connectivity index (χ3n) is 4.75. The Morgan fingerprint density at radius 2 is 1.77 bits per heavy atom. The van der Waals surface area contributed by atoms with Crippen LogP contribution in [0.2, 0.25) is 0 Å². The first-order chi connectivity index (χ1) is 15.2. The molecule has 164 valence electrons. The molecule has 2 aromatic carbocycles. The van der Waals surface area contributed by atoms with Gasteiger partial charge >= 0.3 is 0 Å². The summed E-state index contributed by atoms with van der Waals surface area (Å²) in [6.45, 7) is 5.65. The number of aromatic nitrogens is 1. The van der Waals surface area contributed by atoms with E-state index in [2.05, 4.69) is 10.3 Å². The van der Waals surface area contributed by atoms with E-state index in [0.29, 0.717) is 44.9 Å². The van der Waals surface area contributed by atoms with Gasteiger partial charge in [0, 0.05) is 24.9 Å². The molecule has 0 aliphatic heterocycles. The second kappa shape index (κ2) is 11.8. The van der Waals surface area contributed by atoms with Crippen molar-refractivity contribution in [3.05, 3.63) is 66.2 Å². The van der Waals surface area contributed by atoms with Crippen LogP contribution in [0.5, 0.6) is 11.5 Å². The molecule has 3 rings (SSSR count). The lowest BCUT2D eigenvalue weighted by Crippen LogP contribution is -2.25. The van der Waals surface area contributed by atoms with Crippen LogP contribution in [-0.4, -0.2) is 30.6 Å². The van der Waals surface area contributed by atoms with Crippen molar-refractivity contribution in [3.8, 4) is 22.8 Å². The smallest absolute Gasteiger partial charge is 0.220 e. The van der Waals surface area contributed by atoms with Crippen LogP contribution in [0.3, 0.4) is 0 Å². The zero-order valence-corrected chi connectivity index (χ0v) is 18.2. The van der Waals surface area contributed by atoms with Gasteiger partial charge in [0.25, 0.3) is 0 Å². The Morgan fingerprint density at radius 3 is 2.55 bits per heavy atom. The molecule has 1 aromatic heterocycles. The van der Waals surface area contributed by atoms with E-state index >= 15 is 0 Å². The Kier molecular flexibility index (Phi) is 8.52. The Labute approximate surface area is 183 Å². The molecule has 0 aliphatic rings. The molecule has 0 radical (unpaired) electrons. The van der Waals surface area contributed by atoms with Crippen LogP contribution in [0.25, 0.3) is 11.3 Å². The van der Waals surface area contributed by atoms with Gasteiger partial charge in [0.05, 0.1) is 19.4 Å². The minimum atomic E-state index is 0.0332. The lowest BCUT2D eigenvalue weighted by Gasteiger charge is -2.12. The topological polar surface area (TPSA) is 73.6 Å². The van der Waals surface area contributed by atoms with E-state index in [-0.39, 0.29) is 5.91 Å². The van der Waals surface area contributed by atoms with Gasteiger partial charge in [-0.1, -0.05) is 36.4 Å². The van der Waals surface area contributed by atoms with Gasteiger partial charge in [0.2, 0.25) is 5.91 Å². The lowest BCUT2D eigenvalue weighted by molar-refractivity contribution is -0.121. The van der Waals surface area contributed by atoms with Crippen molar-refractivity contribution in [1.29, 1.82) is 0 Å². The number of nitrogens with one attached hydrogen (secondary N) is 1. The van der Waals surface area contributed by atoms with Crippen LogP contribution in [0, 0.1) is 0 Å². The third-order valence-corrected chi connectivity index (χ3v) is 4.75. The molecule has 0 saturated carbocycles. The largest absolute Gasteiger partial charge is 0.490 e. The number of oxazole rings is 1. The number of benzene rings is 2. The number of aryl methyl sites for hydroxylation is 1. The van der Waals surface area contributed by atoms with Crippen molar-refractivity contribution in [1.82, 2.24) is 10.3 Å². The van der Waals surface area contributed by atoms with Gasteiger partial charge in [-0.25, -0.2) is 4.98 Å². The highest BCUT2D eigenvalue weighted by Crippen LogP contribution is 2.28. The summed E-state index contributed by atoms with van der Waals surface area (Å²) in [5.74, 6) is 2.94. The molecule has 1 amide bonds. The summed E-state index contributed by atoms with van der Waals surface area (Å²) in [6, 6.07) is 15.8. The van der Waals surface area contributed by atoms with Crippen LogP contribution < -0.4 is 14.8 Å². The molecule has 0 spiro atoms. The molecular formula is C25H30N2O4. The molecular weight excluding hydrogens is 392 g/mol. The van der Waals surface area contributed by atoms with E-state index in [1.54, 1.807) is 6.20 Å². The molecule has 0 aliphatic carbocycles. The summed E-state index contributed by atoms with van der Waals surface area (Å²) >= 11 is 0. The van der Waals surface area contributed by atoms with E-state index in [0.717, 1.165) is 34.8 Å². The Hall–Kier alpha value is -3.28. The molecule has 3 aromatic rings. The van der Waals surface area contributed by atoms with Crippen molar-refractivity contribution < 1.29 is 18.7 Å². The van der Waals surface area contributed by atoms with Gasteiger partial charge < -0.3 is 19.2 Å². The van der Waals surface area contributed by atoms with Crippen LogP contribution in [0.15, 0.2) is 59.1 Å². The zero-order chi connectivity index (χ0) is 21.9. The van der Waals surface area contributed by atoms with Crippen molar-refractivity contribution >= 4 is 5.91 Å². The lowest BCUT2D eigenvalue weighted by atomic mass is 10.1. The predicted octanol–water partition coefficient (Wildman–Crippen LogP) is 4.82. The molecule has 31 heavy (non-hydrogen) atoms. The molecule has 0 fully saturated rings. The van der Waals surface area contributed by atoms with Crippen LogP contribution >= 0.6 is 0 Å². The summed E-state index contributed by atoms with van der Waals surface area (Å²) in [5, 5.41) is 2.98. The summed E-state index contributed by atoms with van der Waals surface area (Å²) in [4.78, 5) is 16.5. The fourth-order valence-corrected chi connectivity index (χ4v) is 3.25. The van der Waals surface area contributed by atoms with Gasteiger partial charge in [0.1, 0.15) is 0 Å². The third kappa shape index (κ3) is 6.88. The fourth-order valence-electron chi connectivity index (χ4n) is 3.25. The first-order valence-corrected chi connectivity index (χ1v) is 10.8. The van der Waals surface area contributed by atoms with Crippen LogP contribution in [0.1, 0.15) is 38.1 Å². The van der Waals surface area contributed by atoms with E-state index in [4.69, 9.17) is 13.9 Å². The van der Waals surface area contributed by atoms with E-state index < -0.39 is 0 Å². The van der Waals surface area contributed by atoms with Crippen LogP contribution in [-0.2, 0) is 17.6 Å². The fraction of sp³-hybridized carbons (Fsp3) is 0.360. The number of rotatable bonds is 12. The Bertz CT molecular complexity index is 953. The number of carbonyl (C=O) groups excluding carboxylic acids is 1. The highest BCUT2D eigenvalue weighted by molar-refractivity contribution is 5.75. The highest BCUT2D eigenvalue weighted by atomic mass is 16.5. The maximum Gasteiger partial charge on any atom is 0.220 e. The second-order valence-electron chi connectivity index (χ2n) is 7.08. The number of hydrogen-bond donors (Lipinski definition) is 1. The van der Waals surface area contributed by atoms with Crippen molar-refractivity contribution in [2.75, 3.05) is 19.8 Å². The second-order valence-corrected chi connectivity index (χ2v) is 7.08.